The number of benzene rings is 1. The van der Waals surface area contributed by atoms with Crippen LogP contribution in [-0.4, -0.2) is 18.1 Å². The standard InChI is InChI=1S/C18H22O3S/c1-4-7-21-18-14(3)9-13(2)10-16(18)17(19)12-22-11-15-6-5-8-20-15/h5-6,8-10H,4,7,11-12H2,1-3H3. The second kappa shape index (κ2) is 8.08. The van der Waals surface area contributed by atoms with E-state index in [2.05, 4.69) is 13.0 Å². The number of ether oxygens (including phenoxy) is 1. The summed E-state index contributed by atoms with van der Waals surface area (Å²) >= 11 is 1.56. The number of carbonyl (C=O) groups is 1. The van der Waals surface area contributed by atoms with Crippen LogP contribution in [0.5, 0.6) is 5.75 Å². The van der Waals surface area contributed by atoms with Crippen molar-refractivity contribution in [3.8, 4) is 5.75 Å². The van der Waals surface area contributed by atoms with Crippen molar-refractivity contribution < 1.29 is 13.9 Å². The molecule has 0 N–H and O–H groups in total. The Balaban J connectivity index is 2.06. The molecule has 0 bridgehead atoms. The minimum Gasteiger partial charge on any atom is -0.493 e. The number of hydrogen-bond acceptors (Lipinski definition) is 4. The number of carbonyl (C=O) groups excluding carboxylic acids is 1. The van der Waals surface area contributed by atoms with Crippen LogP contribution in [-0.2, 0) is 5.75 Å². The van der Waals surface area contributed by atoms with Crippen molar-refractivity contribution in [3.63, 3.8) is 0 Å². The molecule has 3 nitrogen and oxygen atoms in total. The molecular weight excluding hydrogens is 296 g/mol. The van der Waals surface area contributed by atoms with Gasteiger partial charge in [0.25, 0.3) is 0 Å². The van der Waals surface area contributed by atoms with E-state index in [9.17, 15) is 4.79 Å². The van der Waals surface area contributed by atoms with Gasteiger partial charge in [0.2, 0.25) is 0 Å². The van der Waals surface area contributed by atoms with Gasteiger partial charge in [-0.1, -0.05) is 13.0 Å². The summed E-state index contributed by atoms with van der Waals surface area (Å²) in [6.07, 6.45) is 2.58. The van der Waals surface area contributed by atoms with E-state index >= 15 is 0 Å². The van der Waals surface area contributed by atoms with E-state index in [1.807, 2.05) is 32.0 Å². The maximum absolute atomic E-state index is 12.5. The number of furan rings is 1. The van der Waals surface area contributed by atoms with Gasteiger partial charge in [0.05, 0.1) is 29.9 Å². The Hall–Kier alpha value is -1.68. The molecule has 0 atom stereocenters. The molecule has 22 heavy (non-hydrogen) atoms. The Morgan fingerprint density at radius 1 is 1.32 bits per heavy atom. The SMILES string of the molecule is CCCOc1c(C)cc(C)cc1C(=O)CSCc1ccco1. The maximum atomic E-state index is 12.5. The molecule has 1 aromatic heterocycles. The van der Waals surface area contributed by atoms with Crippen LogP contribution in [0.3, 0.4) is 0 Å². The van der Waals surface area contributed by atoms with Crippen molar-refractivity contribution in [2.24, 2.45) is 0 Å². The third kappa shape index (κ3) is 4.41. The van der Waals surface area contributed by atoms with Crippen molar-refractivity contribution in [1.29, 1.82) is 0 Å². The molecule has 0 amide bonds. The maximum Gasteiger partial charge on any atom is 0.176 e. The molecule has 1 aromatic carbocycles. The third-order valence-electron chi connectivity index (χ3n) is 3.23. The molecule has 0 spiro atoms. The van der Waals surface area contributed by atoms with Crippen LogP contribution in [0.25, 0.3) is 0 Å². The summed E-state index contributed by atoms with van der Waals surface area (Å²) in [4.78, 5) is 12.5. The number of thioether (sulfide) groups is 1. The number of rotatable bonds is 8. The smallest absolute Gasteiger partial charge is 0.176 e. The summed E-state index contributed by atoms with van der Waals surface area (Å²) in [6.45, 7) is 6.68. The van der Waals surface area contributed by atoms with E-state index in [1.54, 1.807) is 18.0 Å². The van der Waals surface area contributed by atoms with Gasteiger partial charge in [-0.3, -0.25) is 4.79 Å². The van der Waals surface area contributed by atoms with Gasteiger partial charge in [0, 0.05) is 0 Å². The van der Waals surface area contributed by atoms with Crippen molar-refractivity contribution in [2.45, 2.75) is 32.9 Å². The molecular formula is C18H22O3S. The third-order valence-corrected chi connectivity index (χ3v) is 4.18. The van der Waals surface area contributed by atoms with Crippen molar-refractivity contribution in [2.75, 3.05) is 12.4 Å². The highest BCUT2D eigenvalue weighted by atomic mass is 32.2. The summed E-state index contributed by atoms with van der Waals surface area (Å²) in [5.41, 5.74) is 2.80. The van der Waals surface area contributed by atoms with Crippen LogP contribution >= 0.6 is 11.8 Å². The molecule has 0 aliphatic carbocycles. The molecule has 118 valence electrons. The van der Waals surface area contributed by atoms with Gasteiger partial charge in [0.1, 0.15) is 11.5 Å². The molecule has 0 aliphatic heterocycles. The molecule has 0 aliphatic rings. The van der Waals surface area contributed by atoms with Gasteiger partial charge in [-0.2, -0.15) is 0 Å². The van der Waals surface area contributed by atoms with Gasteiger partial charge in [-0.05, 0) is 49.6 Å². The summed E-state index contributed by atoms with van der Waals surface area (Å²) in [5, 5.41) is 0. The van der Waals surface area contributed by atoms with E-state index < -0.39 is 0 Å². The summed E-state index contributed by atoms with van der Waals surface area (Å²) in [5.74, 6) is 2.85. The Morgan fingerprint density at radius 3 is 2.82 bits per heavy atom. The number of aryl methyl sites for hydroxylation is 2. The summed E-state index contributed by atoms with van der Waals surface area (Å²) in [6, 6.07) is 7.76. The molecule has 2 aromatic rings. The monoisotopic (exact) mass is 318 g/mol. The van der Waals surface area contributed by atoms with Gasteiger partial charge in [-0.15, -0.1) is 11.8 Å². The van der Waals surface area contributed by atoms with Gasteiger partial charge in [-0.25, -0.2) is 0 Å². The first-order valence-corrected chi connectivity index (χ1v) is 8.64. The first kappa shape index (κ1) is 16.7. The molecule has 2 rings (SSSR count). The van der Waals surface area contributed by atoms with Gasteiger partial charge >= 0.3 is 0 Å². The minimum absolute atomic E-state index is 0.106. The quantitative estimate of drug-likeness (QED) is 0.655. The first-order chi connectivity index (χ1) is 10.6. The predicted molar refractivity (Wildman–Crippen MR) is 90.9 cm³/mol. The second-order valence-corrected chi connectivity index (χ2v) is 6.29. The van der Waals surface area contributed by atoms with Crippen LogP contribution in [0.2, 0.25) is 0 Å². The number of Topliss-reactive ketones (excluding diaryl/α,β-unsaturated/α-hetero) is 1. The first-order valence-electron chi connectivity index (χ1n) is 7.49. The highest BCUT2D eigenvalue weighted by Gasteiger charge is 2.16. The van der Waals surface area contributed by atoms with Gasteiger partial charge < -0.3 is 9.15 Å². The lowest BCUT2D eigenvalue weighted by atomic mass is 10.0. The van der Waals surface area contributed by atoms with E-state index in [0.717, 1.165) is 29.1 Å². The molecule has 0 saturated heterocycles. The van der Waals surface area contributed by atoms with Crippen molar-refractivity contribution in [1.82, 2.24) is 0 Å². The van der Waals surface area contributed by atoms with E-state index in [1.165, 1.54) is 0 Å². The van der Waals surface area contributed by atoms with Gasteiger partial charge in [0.15, 0.2) is 5.78 Å². The Bertz CT molecular complexity index is 618. The Labute approximate surface area is 136 Å². The highest BCUT2D eigenvalue weighted by Crippen LogP contribution is 2.27. The number of hydrogen-bond donors (Lipinski definition) is 0. The zero-order valence-electron chi connectivity index (χ0n) is 13.3. The van der Waals surface area contributed by atoms with Crippen LogP contribution in [0.4, 0.5) is 0 Å². The number of ketones is 1. The Morgan fingerprint density at radius 2 is 2.14 bits per heavy atom. The molecule has 0 unspecified atom stereocenters. The summed E-state index contributed by atoms with van der Waals surface area (Å²) in [7, 11) is 0. The van der Waals surface area contributed by atoms with Crippen LogP contribution in [0, 0.1) is 13.8 Å². The zero-order valence-corrected chi connectivity index (χ0v) is 14.2. The van der Waals surface area contributed by atoms with Crippen LogP contribution < -0.4 is 4.74 Å². The van der Waals surface area contributed by atoms with Crippen molar-refractivity contribution >= 4 is 17.5 Å². The molecule has 4 heteroatoms. The normalized spacial score (nSPS) is 10.7. The fourth-order valence-corrected chi connectivity index (χ4v) is 3.08. The minimum atomic E-state index is 0.106. The molecule has 0 saturated carbocycles. The van der Waals surface area contributed by atoms with E-state index in [0.29, 0.717) is 23.7 Å². The average molecular weight is 318 g/mol. The predicted octanol–water partition coefficient (Wildman–Crippen LogP) is 4.80. The van der Waals surface area contributed by atoms with Crippen LogP contribution in [0.1, 0.15) is 40.6 Å². The largest absolute Gasteiger partial charge is 0.493 e. The lowest BCUT2D eigenvalue weighted by molar-refractivity contribution is 0.101. The Kier molecular flexibility index (Phi) is 6.13. The highest BCUT2D eigenvalue weighted by molar-refractivity contribution is 7.99. The summed E-state index contributed by atoms with van der Waals surface area (Å²) < 4.78 is 11.1. The van der Waals surface area contributed by atoms with E-state index in [-0.39, 0.29) is 5.78 Å². The lowest BCUT2D eigenvalue weighted by Gasteiger charge is -2.14. The fourth-order valence-electron chi connectivity index (χ4n) is 2.27. The second-order valence-electron chi connectivity index (χ2n) is 5.30. The average Bonchev–Trinajstić information content (AvgIpc) is 2.99. The molecule has 0 fully saturated rings. The zero-order chi connectivity index (χ0) is 15.9. The van der Waals surface area contributed by atoms with E-state index in [4.69, 9.17) is 9.15 Å². The fraction of sp³-hybridized carbons (Fsp3) is 0.389. The van der Waals surface area contributed by atoms with Crippen LogP contribution in [0.15, 0.2) is 34.9 Å². The molecule has 1 heterocycles. The molecule has 0 radical (unpaired) electrons. The topological polar surface area (TPSA) is 39.4 Å². The lowest BCUT2D eigenvalue weighted by Crippen LogP contribution is -2.09. The van der Waals surface area contributed by atoms with Crippen molar-refractivity contribution in [3.05, 3.63) is 53.0 Å².